The first-order valence-corrected chi connectivity index (χ1v) is 8.33. The topological polar surface area (TPSA) is 69.2 Å². The second kappa shape index (κ2) is 6.20. The molecular weight excluding hydrogens is 266 g/mol. The van der Waals surface area contributed by atoms with Gasteiger partial charge in [0.2, 0.25) is 5.91 Å². The Kier molecular flexibility index (Phi) is 4.32. The van der Waals surface area contributed by atoms with Gasteiger partial charge < -0.3 is 15.2 Å². The summed E-state index contributed by atoms with van der Waals surface area (Å²) in [7, 11) is 0. The number of rotatable bonds is 4. The van der Waals surface area contributed by atoms with E-state index in [0.29, 0.717) is 12.5 Å². The van der Waals surface area contributed by atoms with Gasteiger partial charge in [-0.1, -0.05) is 31.4 Å². The normalized spacial score (nSPS) is 35.6. The number of carbonyl (C=O) groups is 2. The molecule has 0 unspecified atom stereocenters. The lowest BCUT2D eigenvalue weighted by Gasteiger charge is -2.44. The molecule has 4 aliphatic rings. The Hall–Kier alpha value is -1.32. The molecule has 2 fully saturated rings. The van der Waals surface area contributed by atoms with Crippen LogP contribution in [0.1, 0.15) is 44.9 Å². The molecule has 4 rings (SSSR count). The Morgan fingerprint density at radius 2 is 1.57 bits per heavy atom. The zero-order valence-corrected chi connectivity index (χ0v) is 12.4. The molecule has 0 radical (unpaired) electrons. The number of allylic oxidation sites excluding steroid dienone is 2. The summed E-state index contributed by atoms with van der Waals surface area (Å²) in [5.41, 5.74) is 0. The highest BCUT2D eigenvalue weighted by atomic mass is 16.4. The Morgan fingerprint density at radius 1 is 0.952 bits per heavy atom. The fourth-order valence-corrected chi connectivity index (χ4v) is 4.43. The average Bonchev–Trinajstić information content (AvgIpc) is 2.53. The zero-order valence-electron chi connectivity index (χ0n) is 12.4. The van der Waals surface area contributed by atoms with Gasteiger partial charge in [-0.15, -0.1) is 0 Å². The van der Waals surface area contributed by atoms with Crippen LogP contribution in [0, 0.1) is 29.6 Å². The number of carboxylic acids is 1. The SMILES string of the molecule is O=C([O-])[C@@H]1[C@H](C(=O)NCC2CCCCC2)[C@H]2C=C[C@H]1CC2. The molecule has 0 aromatic heterocycles. The molecular formula is C17H24NO3-. The van der Waals surface area contributed by atoms with Crippen LogP contribution < -0.4 is 10.4 Å². The minimum atomic E-state index is -1.06. The van der Waals surface area contributed by atoms with Gasteiger partial charge in [0.15, 0.2) is 0 Å². The van der Waals surface area contributed by atoms with Crippen molar-refractivity contribution in [2.75, 3.05) is 6.54 Å². The van der Waals surface area contributed by atoms with E-state index in [9.17, 15) is 14.7 Å². The number of hydrogen-bond donors (Lipinski definition) is 1. The summed E-state index contributed by atoms with van der Waals surface area (Å²) >= 11 is 0. The van der Waals surface area contributed by atoms with E-state index in [1.54, 1.807) is 0 Å². The predicted molar refractivity (Wildman–Crippen MR) is 76.9 cm³/mol. The molecule has 0 aromatic carbocycles. The van der Waals surface area contributed by atoms with Crippen molar-refractivity contribution in [1.82, 2.24) is 5.32 Å². The molecule has 4 aliphatic carbocycles. The van der Waals surface area contributed by atoms with Crippen LogP contribution in [0.2, 0.25) is 0 Å². The number of amides is 1. The van der Waals surface area contributed by atoms with Gasteiger partial charge in [-0.25, -0.2) is 0 Å². The van der Waals surface area contributed by atoms with Crippen molar-refractivity contribution in [3.8, 4) is 0 Å². The van der Waals surface area contributed by atoms with Crippen LogP contribution in [0.3, 0.4) is 0 Å². The number of carbonyl (C=O) groups excluding carboxylic acids is 2. The molecule has 4 nitrogen and oxygen atoms in total. The number of nitrogens with one attached hydrogen (secondary N) is 1. The fourth-order valence-electron chi connectivity index (χ4n) is 4.43. The van der Waals surface area contributed by atoms with Gasteiger partial charge in [0.25, 0.3) is 0 Å². The van der Waals surface area contributed by atoms with Gasteiger partial charge in [0.1, 0.15) is 0 Å². The van der Waals surface area contributed by atoms with Gasteiger partial charge in [-0.3, -0.25) is 4.79 Å². The third-order valence-electron chi connectivity index (χ3n) is 5.61. The molecule has 0 aliphatic heterocycles. The third kappa shape index (κ3) is 2.99. The summed E-state index contributed by atoms with van der Waals surface area (Å²) in [4.78, 5) is 23.9. The van der Waals surface area contributed by atoms with Crippen molar-refractivity contribution < 1.29 is 14.7 Å². The molecule has 4 atom stereocenters. The second-order valence-corrected chi connectivity index (χ2v) is 6.91. The number of fused-ring (bicyclic) bond motifs is 2. The van der Waals surface area contributed by atoms with Crippen molar-refractivity contribution in [2.45, 2.75) is 44.9 Å². The van der Waals surface area contributed by atoms with Gasteiger partial charge in [-0.05, 0) is 43.4 Å². The van der Waals surface area contributed by atoms with Crippen LogP contribution in [0.4, 0.5) is 0 Å². The van der Waals surface area contributed by atoms with Gasteiger partial charge in [0, 0.05) is 18.4 Å². The maximum Gasteiger partial charge on any atom is 0.224 e. The van der Waals surface area contributed by atoms with Crippen LogP contribution in [0.25, 0.3) is 0 Å². The highest BCUT2D eigenvalue weighted by Crippen LogP contribution is 2.44. The van der Waals surface area contributed by atoms with Gasteiger partial charge in [-0.2, -0.15) is 0 Å². The number of hydrogen-bond acceptors (Lipinski definition) is 3. The van der Waals surface area contributed by atoms with Crippen molar-refractivity contribution in [2.24, 2.45) is 29.6 Å². The van der Waals surface area contributed by atoms with Crippen LogP contribution >= 0.6 is 0 Å². The first kappa shape index (κ1) is 14.6. The van der Waals surface area contributed by atoms with E-state index < -0.39 is 17.8 Å². The van der Waals surface area contributed by atoms with Gasteiger partial charge in [0.05, 0.1) is 5.92 Å². The Labute approximate surface area is 126 Å². The molecule has 21 heavy (non-hydrogen) atoms. The molecule has 0 heterocycles. The van der Waals surface area contributed by atoms with E-state index in [1.165, 1.54) is 32.1 Å². The Morgan fingerprint density at radius 3 is 2.14 bits per heavy atom. The summed E-state index contributed by atoms with van der Waals surface area (Å²) < 4.78 is 0. The molecule has 4 heteroatoms. The Bertz CT molecular complexity index is 439. The Balaban J connectivity index is 1.62. The van der Waals surface area contributed by atoms with E-state index in [-0.39, 0.29) is 17.7 Å². The number of carboxylic acid groups (broad SMARTS) is 1. The predicted octanol–water partition coefficient (Wildman–Crippen LogP) is 1.26. The van der Waals surface area contributed by atoms with Crippen LogP contribution in [0.5, 0.6) is 0 Å². The van der Waals surface area contributed by atoms with E-state index >= 15 is 0 Å². The molecule has 0 saturated heterocycles. The lowest BCUT2D eigenvalue weighted by Crippen LogP contribution is -2.53. The molecule has 2 saturated carbocycles. The molecule has 116 valence electrons. The lowest BCUT2D eigenvalue weighted by atomic mass is 9.62. The smallest absolute Gasteiger partial charge is 0.224 e. The molecule has 0 aromatic rings. The summed E-state index contributed by atoms with van der Waals surface area (Å²) in [6, 6.07) is 0. The van der Waals surface area contributed by atoms with Crippen molar-refractivity contribution >= 4 is 11.9 Å². The quantitative estimate of drug-likeness (QED) is 0.793. The summed E-state index contributed by atoms with van der Waals surface area (Å²) in [6.07, 6.45) is 12.0. The third-order valence-corrected chi connectivity index (χ3v) is 5.61. The monoisotopic (exact) mass is 290 g/mol. The summed E-state index contributed by atoms with van der Waals surface area (Å²) in [5.74, 6) is -1.58. The summed E-state index contributed by atoms with van der Waals surface area (Å²) in [6.45, 7) is 0.705. The number of aliphatic carboxylic acids is 1. The van der Waals surface area contributed by atoms with E-state index in [0.717, 1.165) is 12.8 Å². The minimum Gasteiger partial charge on any atom is -0.550 e. The van der Waals surface area contributed by atoms with Gasteiger partial charge >= 0.3 is 0 Å². The molecule has 0 spiro atoms. The van der Waals surface area contributed by atoms with E-state index in [1.807, 2.05) is 12.2 Å². The van der Waals surface area contributed by atoms with Crippen LogP contribution in [-0.4, -0.2) is 18.4 Å². The van der Waals surface area contributed by atoms with Crippen molar-refractivity contribution in [3.63, 3.8) is 0 Å². The zero-order chi connectivity index (χ0) is 14.8. The average molecular weight is 290 g/mol. The fraction of sp³-hybridized carbons (Fsp3) is 0.765. The largest absolute Gasteiger partial charge is 0.550 e. The van der Waals surface area contributed by atoms with E-state index in [4.69, 9.17) is 0 Å². The lowest BCUT2D eigenvalue weighted by molar-refractivity contribution is -0.316. The van der Waals surface area contributed by atoms with E-state index in [2.05, 4.69) is 5.32 Å². The maximum absolute atomic E-state index is 12.5. The van der Waals surface area contributed by atoms with Crippen LogP contribution in [0.15, 0.2) is 12.2 Å². The highest BCUT2D eigenvalue weighted by Gasteiger charge is 2.45. The second-order valence-electron chi connectivity index (χ2n) is 6.91. The molecule has 1 amide bonds. The van der Waals surface area contributed by atoms with Crippen molar-refractivity contribution in [3.05, 3.63) is 12.2 Å². The van der Waals surface area contributed by atoms with Crippen LogP contribution in [-0.2, 0) is 9.59 Å². The highest BCUT2D eigenvalue weighted by molar-refractivity contribution is 5.85. The first-order valence-electron chi connectivity index (χ1n) is 8.33. The first-order chi connectivity index (χ1) is 10.2. The summed E-state index contributed by atoms with van der Waals surface area (Å²) in [5, 5.41) is 14.5. The minimum absolute atomic E-state index is 0.0227. The standard InChI is InChI=1S/C17H25NO3/c19-16(18-10-11-4-2-1-3-5-11)14-12-6-8-13(9-7-12)15(14)17(20)21/h6,8,11-15H,1-5,7,9-10H2,(H,18,19)(H,20,21)/p-1/t12-,13-,14+,15-/m0/s1. The molecule has 2 bridgehead atoms. The van der Waals surface area contributed by atoms with Crippen molar-refractivity contribution in [1.29, 1.82) is 0 Å². The molecule has 1 N–H and O–H groups in total. The maximum atomic E-state index is 12.5.